The lowest BCUT2D eigenvalue weighted by atomic mass is 9.87. The molecule has 0 unspecified atom stereocenters. The van der Waals surface area contributed by atoms with Crippen molar-refractivity contribution in [3.8, 4) is 0 Å². The summed E-state index contributed by atoms with van der Waals surface area (Å²) in [6.07, 6.45) is 13.9. The van der Waals surface area contributed by atoms with E-state index in [-0.39, 0.29) is 11.5 Å². The van der Waals surface area contributed by atoms with Crippen LogP contribution >= 0.6 is 0 Å². The first kappa shape index (κ1) is 20.2. The highest BCUT2D eigenvalue weighted by Gasteiger charge is 2.33. The number of hydrogen-bond acceptors (Lipinski definition) is 4. The topological polar surface area (TPSA) is 69.3 Å². The maximum atomic E-state index is 12.8. The summed E-state index contributed by atoms with van der Waals surface area (Å²) < 4.78 is 0. The van der Waals surface area contributed by atoms with Crippen LogP contribution in [0.4, 0.5) is 0 Å². The van der Waals surface area contributed by atoms with Gasteiger partial charge in [0.15, 0.2) is 0 Å². The molecule has 0 radical (unpaired) electrons. The SMILES string of the molecule is O=C(CC1CCCCC1)N1CC[C@@H](c2nc3c(c(=O)[nH]2)CCN(C2CCCC2)C3)C1. The Morgan fingerprint density at radius 2 is 1.77 bits per heavy atom. The van der Waals surface area contributed by atoms with E-state index >= 15 is 0 Å². The van der Waals surface area contributed by atoms with Gasteiger partial charge in [-0.1, -0.05) is 32.1 Å². The van der Waals surface area contributed by atoms with Gasteiger partial charge in [0.05, 0.1) is 5.69 Å². The average molecular weight is 413 g/mol. The lowest BCUT2D eigenvalue weighted by molar-refractivity contribution is -0.131. The predicted molar refractivity (Wildman–Crippen MR) is 116 cm³/mol. The van der Waals surface area contributed by atoms with E-state index < -0.39 is 0 Å². The average Bonchev–Trinajstić information content (AvgIpc) is 3.46. The molecule has 0 spiro atoms. The number of carbonyl (C=O) groups is 1. The largest absolute Gasteiger partial charge is 0.342 e. The number of aromatic amines is 1. The highest BCUT2D eigenvalue weighted by Crippen LogP contribution is 2.31. The van der Waals surface area contributed by atoms with Gasteiger partial charge < -0.3 is 9.88 Å². The Labute approximate surface area is 179 Å². The second-order valence-corrected chi connectivity index (χ2v) is 10.1. The van der Waals surface area contributed by atoms with Crippen LogP contribution < -0.4 is 5.56 Å². The fourth-order valence-corrected chi connectivity index (χ4v) is 6.23. The summed E-state index contributed by atoms with van der Waals surface area (Å²) >= 11 is 0. The van der Waals surface area contributed by atoms with Crippen molar-refractivity contribution in [2.24, 2.45) is 5.92 Å². The van der Waals surface area contributed by atoms with Crippen molar-refractivity contribution in [3.63, 3.8) is 0 Å². The zero-order valence-electron chi connectivity index (χ0n) is 18.2. The zero-order valence-corrected chi connectivity index (χ0v) is 18.2. The number of aromatic nitrogens is 2. The number of likely N-dealkylation sites (tertiary alicyclic amines) is 1. The summed E-state index contributed by atoms with van der Waals surface area (Å²) in [4.78, 5) is 38.2. The van der Waals surface area contributed by atoms with Gasteiger partial charge in [-0.15, -0.1) is 0 Å². The van der Waals surface area contributed by atoms with E-state index in [2.05, 4.69) is 9.88 Å². The molecule has 0 aromatic carbocycles. The van der Waals surface area contributed by atoms with E-state index in [0.717, 1.165) is 49.6 Å². The molecule has 5 rings (SSSR count). The summed E-state index contributed by atoms with van der Waals surface area (Å²) in [7, 11) is 0. The van der Waals surface area contributed by atoms with Crippen LogP contribution in [0.2, 0.25) is 0 Å². The van der Waals surface area contributed by atoms with Crippen molar-refractivity contribution in [3.05, 3.63) is 27.4 Å². The molecule has 2 aliphatic carbocycles. The van der Waals surface area contributed by atoms with Crippen molar-refractivity contribution < 1.29 is 4.79 Å². The van der Waals surface area contributed by atoms with Gasteiger partial charge in [0, 0.05) is 50.1 Å². The van der Waals surface area contributed by atoms with Crippen LogP contribution in [0.3, 0.4) is 0 Å². The summed E-state index contributed by atoms with van der Waals surface area (Å²) in [6.45, 7) is 3.30. The fraction of sp³-hybridized carbons (Fsp3) is 0.792. The number of H-pyrrole nitrogens is 1. The van der Waals surface area contributed by atoms with Crippen LogP contribution in [-0.4, -0.2) is 51.4 Å². The molecular formula is C24H36N4O2. The van der Waals surface area contributed by atoms with Gasteiger partial charge in [0.2, 0.25) is 5.91 Å². The summed E-state index contributed by atoms with van der Waals surface area (Å²) in [5.41, 5.74) is 1.92. The molecule has 1 amide bonds. The van der Waals surface area contributed by atoms with Crippen LogP contribution in [-0.2, 0) is 17.8 Å². The Morgan fingerprint density at radius 3 is 2.57 bits per heavy atom. The van der Waals surface area contributed by atoms with Gasteiger partial charge >= 0.3 is 0 Å². The molecule has 2 aliphatic heterocycles. The van der Waals surface area contributed by atoms with Crippen LogP contribution in [0.5, 0.6) is 0 Å². The summed E-state index contributed by atoms with van der Waals surface area (Å²) in [5.74, 6) is 1.85. The lowest BCUT2D eigenvalue weighted by Gasteiger charge is -2.32. The van der Waals surface area contributed by atoms with Gasteiger partial charge in [-0.3, -0.25) is 14.5 Å². The minimum atomic E-state index is 0.0491. The van der Waals surface area contributed by atoms with Crippen LogP contribution in [0.15, 0.2) is 4.79 Å². The van der Waals surface area contributed by atoms with Crippen LogP contribution in [0.25, 0.3) is 0 Å². The quantitative estimate of drug-likeness (QED) is 0.823. The van der Waals surface area contributed by atoms with Gasteiger partial charge in [-0.2, -0.15) is 0 Å². The molecule has 1 aromatic heterocycles. The second-order valence-electron chi connectivity index (χ2n) is 10.1. The number of nitrogens with zero attached hydrogens (tertiary/aromatic N) is 3. The molecule has 30 heavy (non-hydrogen) atoms. The summed E-state index contributed by atoms with van der Waals surface area (Å²) in [5, 5.41) is 0. The lowest BCUT2D eigenvalue weighted by Crippen LogP contribution is -2.41. The molecule has 4 aliphatic rings. The summed E-state index contributed by atoms with van der Waals surface area (Å²) in [6, 6.07) is 0.669. The van der Waals surface area contributed by atoms with Gasteiger partial charge in [0.1, 0.15) is 5.82 Å². The van der Waals surface area contributed by atoms with E-state index in [1.54, 1.807) is 0 Å². The van der Waals surface area contributed by atoms with Crippen LogP contribution in [0.1, 0.15) is 93.6 Å². The smallest absolute Gasteiger partial charge is 0.254 e. The molecule has 6 heteroatoms. The first-order chi connectivity index (χ1) is 14.7. The minimum absolute atomic E-state index is 0.0491. The highest BCUT2D eigenvalue weighted by atomic mass is 16.2. The first-order valence-electron chi connectivity index (χ1n) is 12.3. The fourth-order valence-electron chi connectivity index (χ4n) is 6.23. The number of amides is 1. The predicted octanol–water partition coefficient (Wildman–Crippen LogP) is 3.36. The second kappa shape index (κ2) is 8.81. The van der Waals surface area contributed by atoms with Crippen LogP contribution in [0, 0.1) is 5.92 Å². The first-order valence-corrected chi connectivity index (χ1v) is 12.3. The molecule has 164 valence electrons. The molecule has 1 saturated heterocycles. The highest BCUT2D eigenvalue weighted by molar-refractivity contribution is 5.76. The maximum absolute atomic E-state index is 12.8. The molecule has 6 nitrogen and oxygen atoms in total. The van der Waals surface area contributed by atoms with E-state index in [1.165, 1.54) is 57.8 Å². The third-order valence-corrected chi connectivity index (χ3v) is 8.08. The minimum Gasteiger partial charge on any atom is -0.342 e. The monoisotopic (exact) mass is 412 g/mol. The van der Waals surface area contributed by atoms with E-state index in [9.17, 15) is 9.59 Å². The molecule has 1 atom stereocenters. The standard InChI is InChI=1S/C24H36N4O2/c29-22(14-17-6-2-1-3-7-17)28-12-10-18(15-28)23-25-21-16-27(19-8-4-5-9-19)13-11-20(21)24(30)26-23/h17-19H,1-16H2,(H,25,26,30)/t18-/m1/s1. The molecule has 3 heterocycles. The van der Waals surface area contributed by atoms with Gasteiger partial charge in [0.25, 0.3) is 5.56 Å². The van der Waals surface area contributed by atoms with Crippen molar-refractivity contribution >= 4 is 5.91 Å². The molecule has 2 saturated carbocycles. The Bertz CT molecular complexity index is 823. The molecule has 1 aromatic rings. The Kier molecular flexibility index (Phi) is 5.94. The van der Waals surface area contributed by atoms with E-state index in [1.807, 2.05) is 4.90 Å². The Hall–Kier alpha value is -1.69. The molecule has 0 bridgehead atoms. The number of carbonyl (C=O) groups excluding carboxylic acids is 1. The van der Waals surface area contributed by atoms with E-state index in [0.29, 0.717) is 30.8 Å². The van der Waals surface area contributed by atoms with E-state index in [4.69, 9.17) is 4.98 Å². The normalized spacial score (nSPS) is 26.3. The Balaban J connectivity index is 1.25. The molecule has 1 N–H and O–H groups in total. The molecular weight excluding hydrogens is 376 g/mol. The van der Waals surface area contributed by atoms with Crippen molar-refractivity contribution in [1.82, 2.24) is 19.8 Å². The number of fused-ring (bicyclic) bond motifs is 1. The van der Waals surface area contributed by atoms with Crippen molar-refractivity contribution in [2.45, 2.75) is 95.6 Å². The van der Waals surface area contributed by atoms with Crippen molar-refractivity contribution in [1.29, 1.82) is 0 Å². The number of hydrogen-bond donors (Lipinski definition) is 1. The third-order valence-electron chi connectivity index (χ3n) is 8.08. The zero-order chi connectivity index (χ0) is 20.5. The third kappa shape index (κ3) is 4.20. The molecule has 3 fully saturated rings. The van der Waals surface area contributed by atoms with Crippen molar-refractivity contribution in [2.75, 3.05) is 19.6 Å². The maximum Gasteiger partial charge on any atom is 0.254 e. The van der Waals surface area contributed by atoms with Gasteiger partial charge in [-0.05, 0) is 44.4 Å². The Morgan fingerprint density at radius 1 is 1.00 bits per heavy atom. The number of rotatable bonds is 4. The van der Waals surface area contributed by atoms with Gasteiger partial charge in [-0.25, -0.2) is 4.98 Å². The number of nitrogens with one attached hydrogen (secondary N) is 1.